The van der Waals surface area contributed by atoms with Crippen molar-refractivity contribution in [1.29, 1.82) is 0 Å². The first kappa shape index (κ1) is 20.1. The SMILES string of the molecule is NC(=O)c1ccccc1OCCOc1ccc(S(=O)(=O)N2CCOCC2)cc1. The molecule has 0 aromatic heterocycles. The van der Waals surface area contributed by atoms with Gasteiger partial charge in [-0.2, -0.15) is 4.31 Å². The van der Waals surface area contributed by atoms with Crippen LogP contribution in [0.2, 0.25) is 0 Å². The second-order valence-electron chi connectivity index (χ2n) is 6.05. The fraction of sp³-hybridized carbons (Fsp3) is 0.316. The van der Waals surface area contributed by atoms with Gasteiger partial charge in [0.2, 0.25) is 10.0 Å². The Balaban J connectivity index is 1.53. The maximum atomic E-state index is 12.6. The van der Waals surface area contributed by atoms with Gasteiger partial charge in [-0.25, -0.2) is 8.42 Å². The molecule has 1 heterocycles. The van der Waals surface area contributed by atoms with Crippen molar-refractivity contribution in [1.82, 2.24) is 4.31 Å². The second kappa shape index (κ2) is 9.05. The molecule has 0 aliphatic carbocycles. The maximum absolute atomic E-state index is 12.6. The largest absolute Gasteiger partial charge is 0.490 e. The lowest BCUT2D eigenvalue weighted by Gasteiger charge is -2.26. The van der Waals surface area contributed by atoms with Crippen molar-refractivity contribution in [2.45, 2.75) is 4.90 Å². The summed E-state index contributed by atoms with van der Waals surface area (Å²) in [6, 6.07) is 12.9. The molecule has 9 heteroatoms. The van der Waals surface area contributed by atoms with Crippen molar-refractivity contribution in [3.63, 3.8) is 0 Å². The molecule has 1 amide bonds. The van der Waals surface area contributed by atoms with Gasteiger partial charge in [-0.3, -0.25) is 4.79 Å². The van der Waals surface area contributed by atoms with Crippen LogP contribution in [0.1, 0.15) is 10.4 Å². The number of ether oxygens (including phenoxy) is 3. The van der Waals surface area contributed by atoms with E-state index in [1.54, 1.807) is 36.4 Å². The summed E-state index contributed by atoms with van der Waals surface area (Å²) in [5.41, 5.74) is 5.61. The summed E-state index contributed by atoms with van der Waals surface area (Å²) in [5, 5.41) is 0. The molecule has 1 fully saturated rings. The van der Waals surface area contributed by atoms with Crippen LogP contribution in [0.3, 0.4) is 0 Å². The van der Waals surface area contributed by atoms with E-state index in [1.165, 1.54) is 16.4 Å². The number of primary amides is 1. The number of nitrogens with zero attached hydrogens (tertiary/aromatic N) is 1. The highest BCUT2D eigenvalue weighted by atomic mass is 32.2. The van der Waals surface area contributed by atoms with Crippen LogP contribution in [0.5, 0.6) is 11.5 Å². The maximum Gasteiger partial charge on any atom is 0.252 e. The van der Waals surface area contributed by atoms with Crippen molar-refractivity contribution in [3.05, 3.63) is 54.1 Å². The van der Waals surface area contributed by atoms with E-state index < -0.39 is 15.9 Å². The molecule has 8 nitrogen and oxygen atoms in total. The first-order chi connectivity index (χ1) is 13.5. The van der Waals surface area contributed by atoms with Gasteiger partial charge in [0, 0.05) is 13.1 Å². The smallest absolute Gasteiger partial charge is 0.252 e. The van der Waals surface area contributed by atoms with Gasteiger partial charge in [-0.1, -0.05) is 12.1 Å². The predicted molar refractivity (Wildman–Crippen MR) is 102 cm³/mol. The first-order valence-electron chi connectivity index (χ1n) is 8.81. The highest BCUT2D eigenvalue weighted by molar-refractivity contribution is 7.89. The van der Waals surface area contributed by atoms with Gasteiger partial charge in [-0.05, 0) is 36.4 Å². The zero-order valence-electron chi connectivity index (χ0n) is 15.2. The lowest BCUT2D eigenvalue weighted by atomic mass is 10.2. The molecule has 0 unspecified atom stereocenters. The van der Waals surface area contributed by atoms with Crippen LogP contribution in [0.25, 0.3) is 0 Å². The minimum absolute atomic E-state index is 0.206. The fourth-order valence-corrected chi connectivity index (χ4v) is 4.16. The Morgan fingerprint density at radius 2 is 1.64 bits per heavy atom. The third kappa shape index (κ3) is 4.80. The minimum Gasteiger partial charge on any atom is -0.490 e. The summed E-state index contributed by atoms with van der Waals surface area (Å²) in [4.78, 5) is 11.6. The quantitative estimate of drug-likeness (QED) is 0.662. The van der Waals surface area contributed by atoms with Crippen LogP contribution in [0.4, 0.5) is 0 Å². The highest BCUT2D eigenvalue weighted by Gasteiger charge is 2.26. The molecule has 150 valence electrons. The fourth-order valence-electron chi connectivity index (χ4n) is 2.75. The van der Waals surface area contributed by atoms with Crippen LogP contribution in [0, 0.1) is 0 Å². The Hall–Kier alpha value is -2.62. The zero-order chi connectivity index (χ0) is 20.0. The summed E-state index contributed by atoms with van der Waals surface area (Å²) in [5.74, 6) is 0.354. The average Bonchev–Trinajstić information content (AvgIpc) is 2.72. The molecular formula is C19H22N2O6S. The number of carbonyl (C=O) groups is 1. The number of morpholine rings is 1. The number of amides is 1. The Labute approximate surface area is 163 Å². The monoisotopic (exact) mass is 406 g/mol. The Kier molecular flexibility index (Phi) is 6.50. The minimum atomic E-state index is -3.52. The molecule has 2 N–H and O–H groups in total. The van der Waals surface area contributed by atoms with Gasteiger partial charge >= 0.3 is 0 Å². The average molecular weight is 406 g/mol. The normalized spacial score (nSPS) is 15.1. The van der Waals surface area contributed by atoms with Crippen LogP contribution < -0.4 is 15.2 Å². The molecule has 0 saturated carbocycles. The number of carbonyl (C=O) groups excluding carboxylic acids is 1. The molecule has 2 aromatic carbocycles. The highest BCUT2D eigenvalue weighted by Crippen LogP contribution is 2.21. The van der Waals surface area contributed by atoms with Crippen molar-refractivity contribution in [3.8, 4) is 11.5 Å². The van der Waals surface area contributed by atoms with E-state index in [4.69, 9.17) is 19.9 Å². The van der Waals surface area contributed by atoms with Gasteiger partial charge in [0.25, 0.3) is 5.91 Å². The van der Waals surface area contributed by atoms with Crippen molar-refractivity contribution >= 4 is 15.9 Å². The Bertz CT molecular complexity index is 908. The molecule has 0 radical (unpaired) electrons. The molecule has 2 aromatic rings. The zero-order valence-corrected chi connectivity index (χ0v) is 16.1. The van der Waals surface area contributed by atoms with Crippen LogP contribution in [-0.4, -0.2) is 58.1 Å². The number of benzene rings is 2. The molecule has 0 atom stereocenters. The number of nitrogens with two attached hydrogens (primary N) is 1. The Morgan fingerprint density at radius 3 is 2.32 bits per heavy atom. The van der Waals surface area contributed by atoms with E-state index in [-0.39, 0.29) is 18.1 Å². The van der Waals surface area contributed by atoms with Gasteiger partial charge in [0.05, 0.1) is 23.7 Å². The summed E-state index contributed by atoms with van der Waals surface area (Å²) in [6.45, 7) is 1.94. The number of rotatable bonds is 8. The van der Waals surface area contributed by atoms with Gasteiger partial charge in [-0.15, -0.1) is 0 Å². The van der Waals surface area contributed by atoms with E-state index in [9.17, 15) is 13.2 Å². The molecule has 0 spiro atoms. The molecule has 3 rings (SSSR count). The number of sulfonamides is 1. The van der Waals surface area contributed by atoms with Crippen LogP contribution in [-0.2, 0) is 14.8 Å². The molecule has 0 bridgehead atoms. The van der Waals surface area contributed by atoms with Crippen LogP contribution >= 0.6 is 0 Å². The molecule has 1 aliphatic rings. The van der Waals surface area contributed by atoms with Gasteiger partial charge in [0.15, 0.2) is 0 Å². The summed E-state index contributed by atoms with van der Waals surface area (Å²) in [6.07, 6.45) is 0. The van der Waals surface area contributed by atoms with E-state index in [1.807, 2.05) is 0 Å². The van der Waals surface area contributed by atoms with Crippen LogP contribution in [0.15, 0.2) is 53.4 Å². The summed E-state index contributed by atoms with van der Waals surface area (Å²) < 4.78 is 42.9. The Morgan fingerprint density at radius 1 is 1.00 bits per heavy atom. The van der Waals surface area contributed by atoms with Crippen molar-refractivity contribution in [2.24, 2.45) is 5.73 Å². The third-order valence-corrected chi connectivity index (χ3v) is 6.11. The molecule has 28 heavy (non-hydrogen) atoms. The predicted octanol–water partition coefficient (Wildman–Crippen LogP) is 1.26. The number of para-hydroxylation sites is 1. The number of hydrogen-bond donors (Lipinski definition) is 1. The second-order valence-corrected chi connectivity index (χ2v) is 7.98. The van der Waals surface area contributed by atoms with Crippen molar-refractivity contribution < 1.29 is 27.4 Å². The number of hydrogen-bond acceptors (Lipinski definition) is 6. The van der Waals surface area contributed by atoms with Gasteiger partial charge < -0.3 is 19.9 Å². The lowest BCUT2D eigenvalue weighted by Crippen LogP contribution is -2.40. The van der Waals surface area contributed by atoms with E-state index in [2.05, 4.69) is 0 Å². The standard InChI is InChI=1S/C19H22N2O6S/c20-19(22)17-3-1-2-4-18(17)27-14-13-26-15-5-7-16(8-6-15)28(23,24)21-9-11-25-12-10-21/h1-8H,9-14H2,(H2,20,22). The molecular weight excluding hydrogens is 384 g/mol. The van der Waals surface area contributed by atoms with E-state index >= 15 is 0 Å². The molecule has 1 aliphatic heterocycles. The van der Waals surface area contributed by atoms with Crippen molar-refractivity contribution in [2.75, 3.05) is 39.5 Å². The molecule has 1 saturated heterocycles. The van der Waals surface area contributed by atoms with E-state index in [0.29, 0.717) is 43.4 Å². The first-order valence-corrected chi connectivity index (χ1v) is 10.2. The topological polar surface area (TPSA) is 108 Å². The summed E-state index contributed by atoms with van der Waals surface area (Å²) >= 11 is 0. The lowest BCUT2D eigenvalue weighted by molar-refractivity contribution is 0.0730. The van der Waals surface area contributed by atoms with Gasteiger partial charge in [0.1, 0.15) is 24.7 Å². The summed E-state index contributed by atoms with van der Waals surface area (Å²) in [7, 11) is -3.52. The van der Waals surface area contributed by atoms with E-state index in [0.717, 1.165) is 0 Å². The third-order valence-electron chi connectivity index (χ3n) is 4.19.